The molecule has 0 amide bonds. The van der Waals surface area contributed by atoms with Crippen LogP contribution in [0.2, 0.25) is 0 Å². The lowest BCUT2D eigenvalue weighted by Gasteiger charge is -2.30. The number of hydrogen-bond donors (Lipinski definition) is 1. The van der Waals surface area contributed by atoms with E-state index in [2.05, 4.69) is 0 Å². The quantitative estimate of drug-likeness (QED) is 0.830. The van der Waals surface area contributed by atoms with Crippen LogP contribution in [0.4, 0.5) is 11.4 Å². The third-order valence-electron chi connectivity index (χ3n) is 3.06. The Labute approximate surface area is 105 Å². The number of fused-ring (bicyclic) bond motifs is 1. The first-order valence-electron chi connectivity index (χ1n) is 5.63. The zero-order chi connectivity index (χ0) is 12.0. The SMILES string of the molecule is Nc1ccc2c(c1)N(S(=O)(=O)C1CC1)CCS2. The van der Waals surface area contributed by atoms with Gasteiger partial charge >= 0.3 is 0 Å². The highest BCUT2D eigenvalue weighted by atomic mass is 32.2. The standard InChI is InChI=1S/C11H14N2O2S2/c12-8-1-4-11-10(7-8)13(5-6-16-11)17(14,15)9-2-3-9/h1,4,7,9H,2-3,5-6,12H2. The van der Waals surface area contributed by atoms with Gasteiger partial charge in [0.25, 0.3) is 0 Å². The van der Waals surface area contributed by atoms with Crippen molar-refractivity contribution in [2.45, 2.75) is 23.0 Å². The van der Waals surface area contributed by atoms with Gasteiger partial charge in [0, 0.05) is 22.9 Å². The number of nitrogens with zero attached hydrogens (tertiary/aromatic N) is 1. The van der Waals surface area contributed by atoms with E-state index in [0.29, 0.717) is 12.2 Å². The van der Waals surface area contributed by atoms with Crippen LogP contribution in [-0.4, -0.2) is 26.0 Å². The molecule has 1 fully saturated rings. The second-order valence-corrected chi connectivity index (χ2v) is 7.67. The van der Waals surface area contributed by atoms with Gasteiger partial charge in [0.05, 0.1) is 10.9 Å². The summed E-state index contributed by atoms with van der Waals surface area (Å²) < 4.78 is 26.1. The Morgan fingerprint density at radius 2 is 2.12 bits per heavy atom. The molecule has 1 aliphatic carbocycles. The smallest absolute Gasteiger partial charge is 0.238 e. The summed E-state index contributed by atoms with van der Waals surface area (Å²) >= 11 is 1.69. The second-order valence-electron chi connectivity index (χ2n) is 4.39. The molecule has 0 radical (unpaired) electrons. The molecule has 1 heterocycles. The molecule has 1 aliphatic heterocycles. The summed E-state index contributed by atoms with van der Waals surface area (Å²) in [6.07, 6.45) is 1.59. The largest absolute Gasteiger partial charge is 0.399 e. The average Bonchev–Trinajstić information content (AvgIpc) is 3.12. The second kappa shape index (κ2) is 3.81. The van der Waals surface area contributed by atoms with Crippen molar-refractivity contribution < 1.29 is 8.42 Å². The molecule has 1 aromatic rings. The van der Waals surface area contributed by atoms with Crippen LogP contribution < -0.4 is 10.0 Å². The van der Waals surface area contributed by atoms with Gasteiger partial charge in [-0.05, 0) is 31.0 Å². The zero-order valence-electron chi connectivity index (χ0n) is 9.30. The van der Waals surface area contributed by atoms with Crippen LogP contribution in [0.1, 0.15) is 12.8 Å². The van der Waals surface area contributed by atoms with E-state index in [0.717, 1.165) is 29.2 Å². The van der Waals surface area contributed by atoms with Gasteiger partial charge in [0.15, 0.2) is 0 Å². The van der Waals surface area contributed by atoms with Crippen LogP contribution in [0.25, 0.3) is 0 Å². The summed E-state index contributed by atoms with van der Waals surface area (Å²) in [4.78, 5) is 1.01. The fourth-order valence-corrected chi connectivity index (χ4v) is 5.03. The van der Waals surface area contributed by atoms with Crippen LogP contribution >= 0.6 is 11.8 Å². The van der Waals surface area contributed by atoms with Crippen molar-refractivity contribution in [2.24, 2.45) is 0 Å². The number of sulfonamides is 1. The molecule has 17 heavy (non-hydrogen) atoms. The number of rotatable bonds is 2. The van der Waals surface area contributed by atoms with Gasteiger partial charge in [-0.25, -0.2) is 8.42 Å². The van der Waals surface area contributed by atoms with E-state index in [9.17, 15) is 8.42 Å². The third-order valence-corrected chi connectivity index (χ3v) is 6.41. The molecule has 0 spiro atoms. The number of nitrogen functional groups attached to an aromatic ring is 1. The van der Waals surface area contributed by atoms with E-state index < -0.39 is 10.0 Å². The van der Waals surface area contributed by atoms with Crippen molar-refractivity contribution >= 4 is 33.2 Å². The molecule has 1 aromatic carbocycles. The Morgan fingerprint density at radius 3 is 2.82 bits per heavy atom. The highest BCUT2D eigenvalue weighted by Gasteiger charge is 2.41. The number of nitrogens with two attached hydrogens (primary N) is 1. The molecule has 4 nitrogen and oxygen atoms in total. The molecule has 2 aliphatic rings. The van der Waals surface area contributed by atoms with Gasteiger partial charge in [-0.2, -0.15) is 0 Å². The molecule has 0 bridgehead atoms. The van der Waals surface area contributed by atoms with Gasteiger partial charge in [-0.3, -0.25) is 4.31 Å². The van der Waals surface area contributed by atoms with Crippen molar-refractivity contribution in [3.05, 3.63) is 18.2 Å². The van der Waals surface area contributed by atoms with Gasteiger partial charge < -0.3 is 5.73 Å². The van der Waals surface area contributed by atoms with Crippen molar-refractivity contribution in [2.75, 3.05) is 22.3 Å². The van der Waals surface area contributed by atoms with E-state index in [-0.39, 0.29) is 5.25 Å². The summed E-state index contributed by atoms with van der Waals surface area (Å²) in [5.41, 5.74) is 7.12. The van der Waals surface area contributed by atoms with Crippen LogP contribution in [-0.2, 0) is 10.0 Å². The molecule has 0 aromatic heterocycles. The lowest BCUT2D eigenvalue weighted by molar-refractivity contribution is 0.590. The summed E-state index contributed by atoms with van der Waals surface area (Å²) in [6, 6.07) is 5.49. The topological polar surface area (TPSA) is 63.4 Å². The van der Waals surface area contributed by atoms with Crippen molar-refractivity contribution in [1.29, 1.82) is 0 Å². The maximum Gasteiger partial charge on any atom is 0.238 e. The van der Waals surface area contributed by atoms with E-state index in [1.807, 2.05) is 12.1 Å². The van der Waals surface area contributed by atoms with Crippen molar-refractivity contribution in [3.8, 4) is 0 Å². The maximum absolute atomic E-state index is 12.3. The van der Waals surface area contributed by atoms with E-state index >= 15 is 0 Å². The molecule has 92 valence electrons. The summed E-state index contributed by atoms with van der Waals surface area (Å²) in [7, 11) is -3.15. The van der Waals surface area contributed by atoms with E-state index in [1.165, 1.54) is 0 Å². The Kier molecular flexibility index (Phi) is 2.52. The monoisotopic (exact) mass is 270 g/mol. The van der Waals surface area contributed by atoms with Gasteiger partial charge in [0.1, 0.15) is 0 Å². The first-order valence-corrected chi connectivity index (χ1v) is 8.12. The molecule has 0 saturated heterocycles. The first kappa shape index (κ1) is 11.2. The maximum atomic E-state index is 12.3. The summed E-state index contributed by atoms with van der Waals surface area (Å²) in [6.45, 7) is 0.556. The van der Waals surface area contributed by atoms with Crippen LogP contribution in [0.5, 0.6) is 0 Å². The Bertz CT molecular complexity index is 553. The summed E-state index contributed by atoms with van der Waals surface area (Å²) in [5, 5.41) is -0.167. The lowest BCUT2D eigenvalue weighted by Crippen LogP contribution is -2.37. The Balaban J connectivity index is 2.07. The minimum atomic E-state index is -3.15. The number of thioether (sulfide) groups is 1. The molecular weight excluding hydrogens is 256 g/mol. The summed E-state index contributed by atoms with van der Waals surface area (Å²) in [5.74, 6) is 0.808. The predicted molar refractivity (Wildman–Crippen MR) is 70.9 cm³/mol. The molecule has 0 atom stereocenters. The molecule has 6 heteroatoms. The normalized spacial score (nSPS) is 20.1. The highest BCUT2D eigenvalue weighted by molar-refractivity contribution is 8.00. The minimum absolute atomic E-state index is 0.167. The minimum Gasteiger partial charge on any atom is -0.399 e. The number of benzene rings is 1. The molecule has 2 N–H and O–H groups in total. The van der Waals surface area contributed by atoms with Gasteiger partial charge in [-0.15, -0.1) is 11.8 Å². The molecule has 1 saturated carbocycles. The van der Waals surface area contributed by atoms with Crippen molar-refractivity contribution in [3.63, 3.8) is 0 Å². The highest BCUT2D eigenvalue weighted by Crippen LogP contribution is 2.41. The fourth-order valence-electron chi connectivity index (χ4n) is 2.02. The van der Waals surface area contributed by atoms with Gasteiger partial charge in [-0.1, -0.05) is 0 Å². The van der Waals surface area contributed by atoms with Crippen molar-refractivity contribution in [1.82, 2.24) is 0 Å². The fraction of sp³-hybridized carbons (Fsp3) is 0.455. The number of anilines is 2. The van der Waals surface area contributed by atoms with Crippen LogP contribution in [0.15, 0.2) is 23.1 Å². The molecular formula is C11H14N2O2S2. The lowest BCUT2D eigenvalue weighted by atomic mass is 10.3. The molecule has 0 unspecified atom stereocenters. The average molecular weight is 270 g/mol. The Hall–Kier alpha value is -0.880. The third kappa shape index (κ3) is 1.89. The first-order chi connectivity index (χ1) is 8.09. The van der Waals surface area contributed by atoms with Crippen LogP contribution in [0, 0.1) is 0 Å². The van der Waals surface area contributed by atoms with Crippen LogP contribution in [0.3, 0.4) is 0 Å². The Morgan fingerprint density at radius 1 is 1.35 bits per heavy atom. The van der Waals surface area contributed by atoms with E-state index in [1.54, 1.807) is 22.1 Å². The van der Waals surface area contributed by atoms with E-state index in [4.69, 9.17) is 5.73 Å². The number of hydrogen-bond acceptors (Lipinski definition) is 4. The predicted octanol–water partition coefficient (Wildman–Crippen LogP) is 1.67. The molecule has 3 rings (SSSR count). The zero-order valence-corrected chi connectivity index (χ0v) is 10.9. The van der Waals surface area contributed by atoms with Gasteiger partial charge in [0.2, 0.25) is 10.0 Å².